The molecular formula is C13H10N3O-. The normalized spacial score (nSPS) is 9.88. The second-order valence-electron chi connectivity index (χ2n) is 3.59. The molecule has 1 heterocycles. The Bertz CT molecular complexity index is 543. The summed E-state index contributed by atoms with van der Waals surface area (Å²) in [5.74, 6) is 0.628. The van der Waals surface area contributed by atoms with E-state index in [1.807, 2.05) is 12.1 Å². The maximum Gasteiger partial charge on any atom is 0.132 e. The van der Waals surface area contributed by atoms with Gasteiger partial charge in [-0.05, 0) is 23.8 Å². The van der Waals surface area contributed by atoms with Crippen LogP contribution in [0.1, 0.15) is 22.6 Å². The van der Waals surface area contributed by atoms with Crippen molar-refractivity contribution in [2.75, 3.05) is 0 Å². The van der Waals surface area contributed by atoms with E-state index in [4.69, 9.17) is 5.26 Å². The number of hydrogen-bond acceptors (Lipinski definition) is 4. The van der Waals surface area contributed by atoms with Gasteiger partial charge in [0.15, 0.2) is 0 Å². The molecule has 2 rings (SSSR count). The van der Waals surface area contributed by atoms with Gasteiger partial charge in [-0.2, -0.15) is 5.26 Å². The van der Waals surface area contributed by atoms with E-state index in [9.17, 15) is 5.11 Å². The highest BCUT2D eigenvalue weighted by atomic mass is 16.3. The van der Waals surface area contributed by atoms with Crippen LogP contribution in [0.15, 0.2) is 36.5 Å². The quantitative estimate of drug-likeness (QED) is 0.773. The lowest BCUT2D eigenvalue weighted by atomic mass is 10.1. The zero-order valence-corrected chi connectivity index (χ0v) is 9.13. The average Bonchev–Trinajstić information content (AvgIpc) is 2.40. The first-order valence-electron chi connectivity index (χ1n) is 5.20. The van der Waals surface area contributed by atoms with Crippen molar-refractivity contribution in [3.63, 3.8) is 0 Å². The van der Waals surface area contributed by atoms with Crippen LogP contribution in [0.25, 0.3) is 0 Å². The highest BCUT2D eigenvalue weighted by molar-refractivity contribution is 5.32. The molecule has 0 aliphatic heterocycles. The van der Waals surface area contributed by atoms with Gasteiger partial charge in [0, 0.05) is 18.3 Å². The van der Waals surface area contributed by atoms with Crippen LogP contribution >= 0.6 is 0 Å². The molecule has 17 heavy (non-hydrogen) atoms. The van der Waals surface area contributed by atoms with Crippen molar-refractivity contribution in [1.29, 1.82) is 5.26 Å². The number of nitriles is 1. The third-order valence-electron chi connectivity index (χ3n) is 2.36. The smallest absolute Gasteiger partial charge is 0.132 e. The number of hydrogen-bond donors (Lipinski definition) is 0. The van der Waals surface area contributed by atoms with E-state index in [0.29, 0.717) is 23.5 Å². The fourth-order valence-electron chi connectivity index (χ4n) is 1.49. The Morgan fingerprint density at radius 1 is 1.18 bits per heavy atom. The molecule has 0 saturated heterocycles. The summed E-state index contributed by atoms with van der Waals surface area (Å²) in [6.07, 6.45) is 2.17. The molecule has 1 aromatic heterocycles. The van der Waals surface area contributed by atoms with E-state index in [0.717, 1.165) is 5.56 Å². The van der Waals surface area contributed by atoms with Gasteiger partial charge in [0.2, 0.25) is 0 Å². The number of rotatable bonds is 3. The molecule has 4 nitrogen and oxygen atoms in total. The minimum Gasteiger partial charge on any atom is -0.850 e. The predicted molar refractivity (Wildman–Crippen MR) is 59.7 cm³/mol. The Morgan fingerprint density at radius 2 is 1.94 bits per heavy atom. The van der Waals surface area contributed by atoms with Crippen molar-refractivity contribution in [3.8, 4) is 6.07 Å². The first kappa shape index (κ1) is 11.2. The maximum absolute atomic E-state index is 10.7. The van der Waals surface area contributed by atoms with Gasteiger partial charge in [-0.25, -0.2) is 9.97 Å². The second-order valence-corrected chi connectivity index (χ2v) is 3.59. The topological polar surface area (TPSA) is 72.6 Å². The Labute approximate surface area is 99.2 Å². The molecule has 2 aromatic rings. The van der Waals surface area contributed by atoms with Crippen LogP contribution < -0.4 is 5.11 Å². The number of benzene rings is 1. The average molecular weight is 224 g/mol. The maximum atomic E-state index is 10.7. The third-order valence-corrected chi connectivity index (χ3v) is 2.36. The van der Waals surface area contributed by atoms with Gasteiger partial charge in [-0.15, -0.1) is 0 Å². The molecule has 1 aromatic carbocycles. The Kier molecular flexibility index (Phi) is 3.43. The molecular weight excluding hydrogens is 214 g/mol. The predicted octanol–water partition coefficient (Wildman–Crippen LogP) is 0.799. The van der Waals surface area contributed by atoms with Crippen molar-refractivity contribution >= 4 is 0 Å². The molecule has 0 N–H and O–H groups in total. The van der Waals surface area contributed by atoms with Crippen molar-refractivity contribution in [3.05, 3.63) is 59.2 Å². The van der Waals surface area contributed by atoms with Gasteiger partial charge in [-0.1, -0.05) is 18.7 Å². The summed E-state index contributed by atoms with van der Waals surface area (Å²) in [6.45, 7) is -0.330. The molecule has 0 aliphatic rings. The molecule has 0 fully saturated rings. The molecule has 0 bridgehead atoms. The first-order chi connectivity index (χ1) is 8.31. The van der Waals surface area contributed by atoms with Gasteiger partial charge < -0.3 is 5.11 Å². The summed E-state index contributed by atoms with van der Waals surface area (Å²) in [7, 11) is 0. The molecule has 84 valence electrons. The molecule has 0 spiro atoms. The van der Waals surface area contributed by atoms with Crippen LogP contribution in [-0.2, 0) is 13.0 Å². The summed E-state index contributed by atoms with van der Waals surface area (Å²) >= 11 is 0. The lowest BCUT2D eigenvalue weighted by Gasteiger charge is -2.05. The Hall–Kier alpha value is -2.25. The van der Waals surface area contributed by atoms with Crippen LogP contribution in [0.5, 0.6) is 0 Å². The highest BCUT2D eigenvalue weighted by Crippen LogP contribution is 2.07. The zero-order valence-electron chi connectivity index (χ0n) is 9.13. The first-order valence-corrected chi connectivity index (χ1v) is 5.20. The molecule has 0 atom stereocenters. The summed E-state index contributed by atoms with van der Waals surface area (Å²) < 4.78 is 0. The van der Waals surface area contributed by atoms with Gasteiger partial charge in [0.1, 0.15) is 5.82 Å². The third kappa shape index (κ3) is 2.86. The lowest BCUT2D eigenvalue weighted by Crippen LogP contribution is -2.07. The molecule has 0 amide bonds. The summed E-state index contributed by atoms with van der Waals surface area (Å²) in [4.78, 5) is 8.25. The Balaban J connectivity index is 2.16. The number of aromatic nitrogens is 2. The van der Waals surface area contributed by atoms with Gasteiger partial charge in [-0.3, -0.25) is 0 Å². The van der Waals surface area contributed by atoms with Gasteiger partial charge in [0.05, 0.1) is 11.6 Å². The van der Waals surface area contributed by atoms with Crippen LogP contribution in [0, 0.1) is 11.3 Å². The molecule has 0 radical (unpaired) electrons. The molecule has 0 unspecified atom stereocenters. The van der Waals surface area contributed by atoms with E-state index in [2.05, 4.69) is 16.0 Å². The van der Waals surface area contributed by atoms with Crippen LogP contribution in [-0.4, -0.2) is 9.97 Å². The van der Waals surface area contributed by atoms with Crippen molar-refractivity contribution in [1.82, 2.24) is 9.97 Å². The van der Waals surface area contributed by atoms with Crippen LogP contribution in [0.3, 0.4) is 0 Å². The van der Waals surface area contributed by atoms with Crippen LogP contribution in [0.2, 0.25) is 0 Å². The minimum absolute atomic E-state index is 0.330. The summed E-state index contributed by atoms with van der Waals surface area (Å²) in [6, 6.07) is 10.9. The SMILES string of the molecule is N#Cc1ccc(Cc2nccc(C[O-])n2)cc1. The monoisotopic (exact) mass is 224 g/mol. The van der Waals surface area contributed by atoms with Crippen molar-refractivity contribution < 1.29 is 5.11 Å². The van der Waals surface area contributed by atoms with Crippen LogP contribution in [0.4, 0.5) is 0 Å². The molecule has 4 heteroatoms. The zero-order chi connectivity index (χ0) is 12.1. The van der Waals surface area contributed by atoms with Gasteiger partial charge in [0.25, 0.3) is 0 Å². The largest absolute Gasteiger partial charge is 0.850 e. The number of nitrogens with zero attached hydrogens (tertiary/aromatic N) is 3. The van der Waals surface area contributed by atoms with Gasteiger partial charge >= 0.3 is 0 Å². The van der Waals surface area contributed by atoms with E-state index in [1.54, 1.807) is 24.4 Å². The summed E-state index contributed by atoms with van der Waals surface area (Å²) in [5.41, 5.74) is 2.15. The van der Waals surface area contributed by atoms with E-state index < -0.39 is 0 Å². The fourth-order valence-corrected chi connectivity index (χ4v) is 1.49. The van der Waals surface area contributed by atoms with E-state index in [-0.39, 0.29) is 6.61 Å². The molecule has 0 saturated carbocycles. The Morgan fingerprint density at radius 3 is 2.59 bits per heavy atom. The van der Waals surface area contributed by atoms with Crippen molar-refractivity contribution in [2.45, 2.75) is 13.0 Å². The summed E-state index contributed by atoms with van der Waals surface area (Å²) in [5, 5.41) is 19.4. The second kappa shape index (κ2) is 5.19. The minimum atomic E-state index is -0.330. The highest BCUT2D eigenvalue weighted by Gasteiger charge is 2.00. The molecule has 0 aliphatic carbocycles. The fraction of sp³-hybridized carbons (Fsp3) is 0.154. The van der Waals surface area contributed by atoms with Crippen molar-refractivity contribution in [2.24, 2.45) is 0 Å². The standard InChI is InChI=1S/C13H10N3O/c14-8-11-3-1-10(2-4-11)7-13-15-6-5-12(9-17)16-13/h1-6H,7,9H2/q-1. The van der Waals surface area contributed by atoms with E-state index >= 15 is 0 Å². The lowest BCUT2D eigenvalue weighted by molar-refractivity contribution is -0.387. The van der Waals surface area contributed by atoms with E-state index in [1.165, 1.54) is 0 Å².